The monoisotopic (exact) mass is 310 g/mol. The van der Waals surface area contributed by atoms with Crippen molar-refractivity contribution in [3.05, 3.63) is 47.8 Å². The van der Waals surface area contributed by atoms with Crippen LogP contribution in [0.15, 0.2) is 42.2 Å². The highest BCUT2D eigenvalue weighted by molar-refractivity contribution is 6.02. The van der Waals surface area contributed by atoms with E-state index in [0.29, 0.717) is 17.9 Å². The summed E-state index contributed by atoms with van der Waals surface area (Å²) >= 11 is 0. The number of carbonyl (C=O) groups is 1. The summed E-state index contributed by atoms with van der Waals surface area (Å²) in [6.07, 6.45) is 5.83. The molecule has 1 amide bonds. The van der Waals surface area contributed by atoms with Gasteiger partial charge >= 0.3 is 0 Å². The van der Waals surface area contributed by atoms with Crippen molar-refractivity contribution in [3.63, 3.8) is 0 Å². The number of hydrogen-bond donors (Lipinski definition) is 1. The zero-order valence-electron chi connectivity index (χ0n) is 13.1. The van der Waals surface area contributed by atoms with E-state index in [1.54, 1.807) is 24.1 Å². The van der Waals surface area contributed by atoms with Crippen molar-refractivity contribution in [1.29, 1.82) is 5.26 Å². The molecule has 2 aromatic rings. The first kappa shape index (κ1) is 16.3. The molecule has 2 rings (SSSR count). The van der Waals surface area contributed by atoms with Gasteiger partial charge in [-0.05, 0) is 36.8 Å². The SMILES string of the molecule is CCCNC(=O)/C(C#N)=C\c1cc(-n2cccn2)ccc1OC. The van der Waals surface area contributed by atoms with Crippen LogP contribution in [0.1, 0.15) is 18.9 Å². The third-order valence-corrected chi connectivity index (χ3v) is 3.18. The quantitative estimate of drug-likeness (QED) is 0.656. The second-order valence-corrected chi connectivity index (χ2v) is 4.80. The van der Waals surface area contributed by atoms with Gasteiger partial charge in [0.1, 0.15) is 17.4 Å². The number of ether oxygens (including phenoxy) is 1. The minimum Gasteiger partial charge on any atom is -0.496 e. The maximum Gasteiger partial charge on any atom is 0.261 e. The third-order valence-electron chi connectivity index (χ3n) is 3.18. The van der Waals surface area contributed by atoms with Gasteiger partial charge in [-0.2, -0.15) is 10.4 Å². The molecule has 0 spiro atoms. The van der Waals surface area contributed by atoms with Crippen LogP contribution < -0.4 is 10.1 Å². The van der Waals surface area contributed by atoms with Crippen molar-refractivity contribution in [2.45, 2.75) is 13.3 Å². The fourth-order valence-electron chi connectivity index (χ4n) is 2.04. The summed E-state index contributed by atoms with van der Waals surface area (Å²) in [6, 6.07) is 9.20. The van der Waals surface area contributed by atoms with E-state index < -0.39 is 0 Å². The first-order valence-electron chi connectivity index (χ1n) is 7.27. The maximum absolute atomic E-state index is 12.0. The van der Waals surface area contributed by atoms with Crippen molar-refractivity contribution in [1.82, 2.24) is 15.1 Å². The minimum absolute atomic E-state index is 0.0364. The van der Waals surface area contributed by atoms with Crippen LogP contribution in [0, 0.1) is 11.3 Å². The number of aromatic nitrogens is 2. The van der Waals surface area contributed by atoms with Crippen LogP contribution in [0.4, 0.5) is 0 Å². The van der Waals surface area contributed by atoms with E-state index in [2.05, 4.69) is 10.4 Å². The number of nitriles is 1. The molecule has 0 unspecified atom stereocenters. The van der Waals surface area contributed by atoms with Gasteiger partial charge in [0.05, 0.1) is 12.8 Å². The lowest BCUT2D eigenvalue weighted by atomic mass is 10.1. The first-order valence-corrected chi connectivity index (χ1v) is 7.27. The number of rotatable bonds is 6. The van der Waals surface area contributed by atoms with Gasteiger partial charge in [0.15, 0.2) is 0 Å². The summed E-state index contributed by atoms with van der Waals surface area (Å²) < 4.78 is 7.00. The van der Waals surface area contributed by atoms with Gasteiger partial charge in [-0.25, -0.2) is 4.68 Å². The Labute approximate surface area is 135 Å². The molecule has 0 aliphatic carbocycles. The Hall–Kier alpha value is -3.07. The van der Waals surface area contributed by atoms with Crippen molar-refractivity contribution in [2.24, 2.45) is 0 Å². The molecule has 1 N–H and O–H groups in total. The van der Waals surface area contributed by atoms with E-state index in [1.165, 1.54) is 6.08 Å². The van der Waals surface area contributed by atoms with Gasteiger partial charge in [-0.3, -0.25) is 4.79 Å². The molecule has 0 aliphatic heterocycles. The zero-order valence-corrected chi connectivity index (χ0v) is 13.1. The van der Waals surface area contributed by atoms with Crippen molar-refractivity contribution >= 4 is 12.0 Å². The standard InChI is InChI=1S/C17H18N4O2/c1-3-7-19-17(22)14(12-18)10-13-11-15(5-6-16(13)23-2)21-9-4-8-20-21/h4-6,8-11H,3,7H2,1-2H3,(H,19,22)/b14-10-. The van der Waals surface area contributed by atoms with Crippen LogP contribution in [0.25, 0.3) is 11.8 Å². The Kier molecular flexibility index (Phi) is 5.53. The Bertz CT molecular complexity index is 742. The summed E-state index contributed by atoms with van der Waals surface area (Å²) in [7, 11) is 1.55. The summed E-state index contributed by atoms with van der Waals surface area (Å²) in [5.41, 5.74) is 1.49. The molecular formula is C17H18N4O2. The Morgan fingerprint density at radius 2 is 2.35 bits per heavy atom. The molecule has 0 radical (unpaired) electrons. The number of benzene rings is 1. The van der Waals surface area contributed by atoms with Crippen molar-refractivity contribution in [2.75, 3.05) is 13.7 Å². The molecular weight excluding hydrogens is 292 g/mol. The second-order valence-electron chi connectivity index (χ2n) is 4.80. The highest BCUT2D eigenvalue weighted by Gasteiger charge is 2.11. The molecule has 1 aromatic carbocycles. The zero-order chi connectivity index (χ0) is 16.7. The molecule has 1 heterocycles. The predicted octanol–water partition coefficient (Wildman–Crippen LogP) is 2.31. The largest absolute Gasteiger partial charge is 0.496 e. The fraction of sp³-hybridized carbons (Fsp3) is 0.235. The van der Waals surface area contributed by atoms with Crippen LogP contribution >= 0.6 is 0 Å². The molecule has 0 saturated heterocycles. The van der Waals surface area contributed by atoms with Gasteiger partial charge in [-0.1, -0.05) is 6.92 Å². The lowest BCUT2D eigenvalue weighted by molar-refractivity contribution is -0.117. The highest BCUT2D eigenvalue weighted by atomic mass is 16.5. The van der Waals surface area contributed by atoms with Gasteiger partial charge < -0.3 is 10.1 Å². The Morgan fingerprint density at radius 3 is 2.96 bits per heavy atom. The lowest BCUT2D eigenvalue weighted by Gasteiger charge is -2.09. The number of methoxy groups -OCH3 is 1. The van der Waals surface area contributed by atoms with Crippen LogP contribution in [0.5, 0.6) is 5.75 Å². The molecule has 118 valence electrons. The van der Waals surface area contributed by atoms with Crippen molar-refractivity contribution < 1.29 is 9.53 Å². The molecule has 1 aromatic heterocycles. The highest BCUT2D eigenvalue weighted by Crippen LogP contribution is 2.24. The smallest absolute Gasteiger partial charge is 0.261 e. The van der Waals surface area contributed by atoms with Crippen LogP contribution in [0.2, 0.25) is 0 Å². The summed E-state index contributed by atoms with van der Waals surface area (Å²) in [5, 5.41) is 16.1. The van der Waals surface area contributed by atoms with Crippen LogP contribution in [-0.2, 0) is 4.79 Å². The molecule has 0 atom stereocenters. The minimum atomic E-state index is -0.388. The van der Waals surface area contributed by atoms with Gasteiger partial charge in [-0.15, -0.1) is 0 Å². The number of nitrogens with one attached hydrogen (secondary N) is 1. The number of amides is 1. The third kappa shape index (κ3) is 3.98. The Morgan fingerprint density at radius 1 is 1.52 bits per heavy atom. The topological polar surface area (TPSA) is 79.9 Å². The fourth-order valence-corrected chi connectivity index (χ4v) is 2.04. The number of nitrogens with zero attached hydrogens (tertiary/aromatic N) is 3. The summed E-state index contributed by atoms with van der Waals surface area (Å²) in [4.78, 5) is 12.0. The van der Waals surface area contributed by atoms with Gasteiger partial charge in [0, 0.05) is 24.5 Å². The summed E-state index contributed by atoms with van der Waals surface area (Å²) in [5.74, 6) is 0.192. The van der Waals surface area contributed by atoms with Gasteiger partial charge in [0.2, 0.25) is 0 Å². The number of carbonyl (C=O) groups excluding carboxylic acids is 1. The molecule has 6 nitrogen and oxygen atoms in total. The van der Waals surface area contributed by atoms with Crippen LogP contribution in [0.3, 0.4) is 0 Å². The van der Waals surface area contributed by atoms with E-state index in [1.807, 2.05) is 37.4 Å². The molecule has 0 saturated carbocycles. The maximum atomic E-state index is 12.0. The first-order chi connectivity index (χ1) is 11.2. The van der Waals surface area contributed by atoms with E-state index in [0.717, 1.165) is 12.1 Å². The average Bonchev–Trinajstić information content (AvgIpc) is 3.11. The van der Waals surface area contributed by atoms with Crippen molar-refractivity contribution in [3.8, 4) is 17.5 Å². The second kappa shape index (κ2) is 7.80. The molecule has 0 fully saturated rings. The Balaban J connectivity index is 2.39. The van der Waals surface area contributed by atoms with Crippen LogP contribution in [-0.4, -0.2) is 29.3 Å². The van der Waals surface area contributed by atoms with E-state index >= 15 is 0 Å². The average molecular weight is 310 g/mol. The molecule has 0 bridgehead atoms. The number of hydrogen-bond acceptors (Lipinski definition) is 4. The van der Waals surface area contributed by atoms with E-state index in [9.17, 15) is 10.1 Å². The summed E-state index contributed by atoms with van der Waals surface area (Å²) in [6.45, 7) is 2.48. The normalized spacial score (nSPS) is 10.9. The molecule has 0 aliphatic rings. The molecule has 6 heteroatoms. The predicted molar refractivity (Wildman–Crippen MR) is 87.0 cm³/mol. The van der Waals surface area contributed by atoms with E-state index in [-0.39, 0.29) is 11.5 Å². The van der Waals surface area contributed by atoms with E-state index in [4.69, 9.17) is 4.74 Å². The molecule has 23 heavy (non-hydrogen) atoms. The van der Waals surface area contributed by atoms with Gasteiger partial charge in [0.25, 0.3) is 5.91 Å². The lowest BCUT2D eigenvalue weighted by Crippen LogP contribution is -2.25.